The van der Waals surface area contributed by atoms with E-state index >= 15 is 0 Å². The minimum Gasteiger partial charge on any atom is -0.374 e. The number of hydrogen-bond donors (Lipinski definition) is 0. The van der Waals surface area contributed by atoms with Crippen LogP contribution in [0.4, 0.5) is 0 Å². The summed E-state index contributed by atoms with van der Waals surface area (Å²) in [5.74, 6) is 0. The molecule has 5 nitrogen and oxygen atoms in total. The molecule has 5 heteroatoms. The van der Waals surface area contributed by atoms with Crippen LogP contribution < -0.4 is 0 Å². The molecule has 0 saturated heterocycles. The zero-order chi connectivity index (χ0) is 34.2. The molecule has 0 radical (unpaired) electrons. The Morgan fingerprint density at radius 3 is 1.47 bits per heavy atom. The van der Waals surface area contributed by atoms with Crippen molar-refractivity contribution in [2.75, 3.05) is 6.61 Å². The summed E-state index contributed by atoms with van der Waals surface area (Å²) >= 11 is 0. The Hall–Kier alpha value is -3.89. The summed E-state index contributed by atoms with van der Waals surface area (Å²) in [5.41, 5.74) is 13.0. The van der Waals surface area contributed by atoms with Crippen molar-refractivity contribution in [1.82, 2.24) is 0 Å². The number of rotatable bonds is 25. The first-order valence-corrected chi connectivity index (χ1v) is 18.8. The number of benzene rings is 4. The molecule has 0 saturated carbocycles. The zero-order valence-corrected chi connectivity index (χ0v) is 29.7. The van der Waals surface area contributed by atoms with Crippen molar-refractivity contribution in [2.45, 2.75) is 121 Å². The van der Waals surface area contributed by atoms with E-state index in [0.29, 0.717) is 13.0 Å². The maximum absolute atomic E-state index is 9.69. The van der Waals surface area contributed by atoms with Gasteiger partial charge in [-0.25, -0.2) is 0 Å². The molecular formula is C44H57N3O2. The average molecular weight is 660 g/mol. The molecule has 0 bridgehead atoms. The lowest BCUT2D eigenvalue weighted by molar-refractivity contribution is -0.0160. The second-order valence-corrected chi connectivity index (χ2v) is 13.3. The average Bonchev–Trinajstić information content (AvgIpc) is 3.16. The van der Waals surface area contributed by atoms with Gasteiger partial charge in [-0.05, 0) is 40.6 Å². The monoisotopic (exact) mass is 659 g/mol. The predicted octanol–water partition coefficient (Wildman–Crippen LogP) is 12.7. The molecule has 4 aromatic rings. The number of unbranched alkanes of at least 4 members (excludes halogenated alkanes) is 11. The third-order valence-electron chi connectivity index (χ3n) is 9.49. The molecule has 260 valence electrons. The molecule has 0 aliphatic heterocycles. The fraction of sp³-hybridized carbons (Fsp3) is 0.455. The first-order chi connectivity index (χ1) is 24.3. The third-order valence-corrected chi connectivity index (χ3v) is 9.49. The van der Waals surface area contributed by atoms with Crippen molar-refractivity contribution < 1.29 is 9.47 Å². The Bertz CT molecular complexity index is 1350. The highest BCUT2D eigenvalue weighted by Gasteiger charge is 2.38. The molecular weight excluding hydrogens is 603 g/mol. The Morgan fingerprint density at radius 1 is 0.592 bits per heavy atom. The standard InChI is InChI=1S/C44H57N3O2/c1-2-3-4-5-6-7-8-9-10-11-12-25-34-43(48-36-38-26-17-13-18-27-38)35-42(46-47-45)37-49-44(39-28-19-14-20-29-39,40-30-21-15-22-31-40)41-32-23-16-24-33-41/h13-24,26-33,42-43H,2-12,25,34-37H2,1H3/t42-,43-/m1/s1. The second kappa shape index (κ2) is 22.7. The summed E-state index contributed by atoms with van der Waals surface area (Å²) in [6.07, 6.45) is 17.3. The fourth-order valence-electron chi connectivity index (χ4n) is 6.79. The quantitative estimate of drug-likeness (QED) is 0.0234. The topological polar surface area (TPSA) is 67.2 Å². The maximum atomic E-state index is 9.69. The normalized spacial score (nSPS) is 12.7. The van der Waals surface area contributed by atoms with Crippen molar-refractivity contribution in [1.29, 1.82) is 0 Å². The van der Waals surface area contributed by atoms with Crippen LogP contribution >= 0.6 is 0 Å². The Morgan fingerprint density at radius 2 is 1.02 bits per heavy atom. The molecule has 0 aliphatic rings. The summed E-state index contributed by atoms with van der Waals surface area (Å²) in [4.78, 5) is 3.28. The predicted molar refractivity (Wildman–Crippen MR) is 203 cm³/mol. The smallest absolute Gasteiger partial charge is 0.143 e. The summed E-state index contributed by atoms with van der Waals surface area (Å²) < 4.78 is 13.6. The lowest BCUT2D eigenvalue weighted by Gasteiger charge is -2.37. The molecule has 0 fully saturated rings. The van der Waals surface area contributed by atoms with Crippen LogP contribution in [-0.2, 0) is 21.7 Å². The summed E-state index contributed by atoms with van der Waals surface area (Å²) in [5, 5.41) is 4.29. The zero-order valence-electron chi connectivity index (χ0n) is 29.7. The van der Waals surface area contributed by atoms with E-state index in [2.05, 4.69) is 65.5 Å². The lowest BCUT2D eigenvalue weighted by Crippen LogP contribution is -2.36. The second-order valence-electron chi connectivity index (χ2n) is 13.3. The lowest BCUT2D eigenvalue weighted by atomic mass is 9.80. The molecule has 0 N–H and O–H groups in total. The molecule has 0 unspecified atom stereocenters. The van der Waals surface area contributed by atoms with Crippen molar-refractivity contribution in [3.63, 3.8) is 0 Å². The van der Waals surface area contributed by atoms with Crippen LogP contribution in [0.2, 0.25) is 0 Å². The van der Waals surface area contributed by atoms with Crippen molar-refractivity contribution in [2.24, 2.45) is 5.11 Å². The van der Waals surface area contributed by atoms with Gasteiger partial charge in [-0.3, -0.25) is 0 Å². The van der Waals surface area contributed by atoms with Gasteiger partial charge >= 0.3 is 0 Å². The Labute approximate surface area is 295 Å². The van der Waals surface area contributed by atoms with E-state index < -0.39 is 11.6 Å². The van der Waals surface area contributed by atoms with Crippen LogP contribution in [0.25, 0.3) is 10.4 Å². The van der Waals surface area contributed by atoms with Crippen molar-refractivity contribution in [3.8, 4) is 0 Å². The van der Waals surface area contributed by atoms with Gasteiger partial charge in [0.25, 0.3) is 0 Å². The molecule has 2 atom stereocenters. The Balaban J connectivity index is 1.42. The van der Waals surface area contributed by atoms with Gasteiger partial charge in [-0.1, -0.05) is 210 Å². The molecule has 4 aromatic carbocycles. The van der Waals surface area contributed by atoms with Gasteiger partial charge in [0.15, 0.2) is 0 Å². The number of ether oxygens (including phenoxy) is 2. The van der Waals surface area contributed by atoms with Crippen LogP contribution in [0.15, 0.2) is 126 Å². The summed E-state index contributed by atoms with van der Waals surface area (Å²) in [6, 6.07) is 41.0. The SMILES string of the molecule is CCCCCCCCCCCCCC[C@H](C[C@H](COC(c1ccccc1)(c1ccccc1)c1ccccc1)N=[N+]=[N-])OCc1ccccc1. The maximum Gasteiger partial charge on any atom is 0.143 e. The van der Waals surface area contributed by atoms with Gasteiger partial charge in [-0.15, -0.1) is 0 Å². The van der Waals surface area contributed by atoms with E-state index in [9.17, 15) is 5.53 Å². The van der Waals surface area contributed by atoms with Gasteiger partial charge < -0.3 is 9.47 Å². The van der Waals surface area contributed by atoms with E-state index in [0.717, 1.165) is 35.1 Å². The minimum absolute atomic E-state index is 0.0398. The number of azide groups is 1. The molecule has 0 amide bonds. The summed E-state index contributed by atoms with van der Waals surface area (Å²) in [6.45, 7) is 3.07. The van der Waals surface area contributed by atoms with Crippen molar-refractivity contribution in [3.05, 3.63) is 154 Å². The highest BCUT2D eigenvalue weighted by Crippen LogP contribution is 2.40. The third kappa shape index (κ3) is 12.8. The van der Waals surface area contributed by atoms with Crippen LogP contribution in [0.1, 0.15) is 119 Å². The molecule has 0 aromatic heterocycles. The molecule has 49 heavy (non-hydrogen) atoms. The molecule has 0 heterocycles. The van der Waals surface area contributed by atoms with Gasteiger partial charge in [0.1, 0.15) is 5.60 Å². The fourth-order valence-corrected chi connectivity index (χ4v) is 6.79. The minimum atomic E-state index is -0.872. The van der Waals surface area contributed by atoms with Crippen LogP contribution in [0.3, 0.4) is 0 Å². The first-order valence-electron chi connectivity index (χ1n) is 18.8. The molecule has 0 spiro atoms. The largest absolute Gasteiger partial charge is 0.374 e. The molecule has 4 rings (SSSR count). The van der Waals surface area contributed by atoms with Gasteiger partial charge in [0, 0.05) is 4.91 Å². The van der Waals surface area contributed by atoms with Crippen LogP contribution in [0.5, 0.6) is 0 Å². The van der Waals surface area contributed by atoms with Crippen molar-refractivity contribution >= 4 is 0 Å². The van der Waals surface area contributed by atoms with E-state index in [-0.39, 0.29) is 12.7 Å². The highest BCUT2D eigenvalue weighted by molar-refractivity contribution is 5.47. The van der Waals surface area contributed by atoms with E-state index in [1.54, 1.807) is 0 Å². The van der Waals surface area contributed by atoms with Gasteiger partial charge in [-0.2, -0.15) is 0 Å². The van der Waals surface area contributed by atoms with E-state index in [4.69, 9.17) is 9.47 Å². The highest BCUT2D eigenvalue weighted by atomic mass is 16.5. The number of nitrogens with zero attached hydrogens (tertiary/aromatic N) is 3. The Kier molecular flexibility index (Phi) is 17.6. The van der Waals surface area contributed by atoms with E-state index in [1.807, 2.05) is 72.8 Å². The van der Waals surface area contributed by atoms with Crippen LogP contribution in [0, 0.1) is 0 Å². The van der Waals surface area contributed by atoms with Gasteiger partial charge in [0.05, 0.1) is 25.4 Å². The first kappa shape index (κ1) is 37.9. The molecule has 0 aliphatic carbocycles. The van der Waals surface area contributed by atoms with E-state index in [1.165, 1.54) is 70.6 Å². The van der Waals surface area contributed by atoms with Gasteiger partial charge in [0.2, 0.25) is 0 Å². The van der Waals surface area contributed by atoms with Crippen LogP contribution in [-0.4, -0.2) is 18.8 Å². The summed E-state index contributed by atoms with van der Waals surface area (Å²) in [7, 11) is 0. The number of hydrogen-bond acceptors (Lipinski definition) is 3.